The van der Waals surface area contributed by atoms with Crippen molar-refractivity contribution in [1.29, 1.82) is 0 Å². The second kappa shape index (κ2) is 15.1. The summed E-state index contributed by atoms with van der Waals surface area (Å²) in [6.45, 7) is 7.55. The van der Waals surface area contributed by atoms with Gasteiger partial charge in [-0.05, 0) is 12.8 Å². The minimum absolute atomic E-state index is 0.0143. The Kier molecular flexibility index (Phi) is 14.2. The number of nitrogens with one attached hydrogen (secondary N) is 2. The molecular weight excluding hydrogens is 308 g/mol. The van der Waals surface area contributed by atoms with E-state index in [9.17, 15) is 14.4 Å². The third-order valence-electron chi connectivity index (χ3n) is 3.68. The third-order valence-corrected chi connectivity index (χ3v) is 3.68. The van der Waals surface area contributed by atoms with Crippen LogP contribution in [-0.2, 0) is 19.1 Å². The van der Waals surface area contributed by atoms with E-state index >= 15 is 0 Å². The van der Waals surface area contributed by atoms with Crippen LogP contribution in [0.5, 0.6) is 0 Å². The summed E-state index contributed by atoms with van der Waals surface area (Å²) in [5.74, 6) is 0.500. The number of unbranched alkanes of at least 4 members (excludes halogenated alkanes) is 3. The molecule has 140 valence electrons. The minimum atomic E-state index is 0.0143. The van der Waals surface area contributed by atoms with Crippen LogP contribution in [0.4, 0.5) is 0 Å². The lowest BCUT2D eigenvalue weighted by atomic mass is 10.0. The molecule has 0 heterocycles. The van der Waals surface area contributed by atoms with Gasteiger partial charge in [-0.1, -0.05) is 33.6 Å². The van der Waals surface area contributed by atoms with Crippen LogP contribution in [0.2, 0.25) is 0 Å². The van der Waals surface area contributed by atoms with Gasteiger partial charge >= 0.3 is 0 Å². The molecule has 2 N–H and O–H groups in total. The molecule has 6 nitrogen and oxygen atoms in total. The van der Waals surface area contributed by atoms with E-state index in [2.05, 4.69) is 10.6 Å². The quantitative estimate of drug-likeness (QED) is 0.447. The van der Waals surface area contributed by atoms with Crippen LogP contribution in [-0.4, -0.2) is 43.9 Å². The molecule has 0 aromatic rings. The molecule has 6 heteroatoms. The Morgan fingerprint density at radius 1 is 0.833 bits per heavy atom. The molecule has 0 aromatic heterocycles. The van der Waals surface area contributed by atoms with Crippen LogP contribution >= 0.6 is 0 Å². The Hall–Kier alpha value is -1.43. The second-order valence-corrected chi connectivity index (χ2v) is 6.20. The molecule has 2 amide bonds. The monoisotopic (exact) mass is 342 g/mol. The number of carbonyl (C=O) groups is 3. The maximum atomic E-state index is 11.6. The van der Waals surface area contributed by atoms with Gasteiger partial charge in [0.05, 0.1) is 13.2 Å². The summed E-state index contributed by atoms with van der Waals surface area (Å²) in [7, 11) is 0. The molecule has 0 aliphatic heterocycles. The Labute approximate surface area is 146 Å². The lowest BCUT2D eigenvalue weighted by molar-refractivity contribution is -0.122. The fraction of sp³-hybridized carbons (Fsp3) is 0.833. The van der Waals surface area contributed by atoms with Crippen LogP contribution in [0.15, 0.2) is 0 Å². The van der Waals surface area contributed by atoms with Crippen molar-refractivity contribution in [2.45, 2.75) is 65.7 Å². The number of ketones is 1. The van der Waals surface area contributed by atoms with E-state index < -0.39 is 0 Å². The minimum Gasteiger partial charge on any atom is -0.378 e. The van der Waals surface area contributed by atoms with Gasteiger partial charge in [-0.25, -0.2) is 0 Å². The van der Waals surface area contributed by atoms with Crippen molar-refractivity contribution in [3.63, 3.8) is 0 Å². The van der Waals surface area contributed by atoms with Gasteiger partial charge in [0.1, 0.15) is 5.78 Å². The van der Waals surface area contributed by atoms with Crippen molar-refractivity contribution < 1.29 is 19.1 Å². The van der Waals surface area contributed by atoms with Gasteiger partial charge in [-0.2, -0.15) is 0 Å². The van der Waals surface area contributed by atoms with E-state index in [1.807, 2.05) is 13.8 Å². The van der Waals surface area contributed by atoms with Gasteiger partial charge in [-0.3, -0.25) is 14.4 Å². The molecule has 0 fully saturated rings. The number of rotatable bonds is 15. The first-order valence-electron chi connectivity index (χ1n) is 9.11. The van der Waals surface area contributed by atoms with Crippen LogP contribution in [0.3, 0.4) is 0 Å². The number of Topliss-reactive ketones (excluding diaryl/α,β-unsaturated/α-hetero) is 1. The molecule has 0 saturated carbocycles. The molecule has 24 heavy (non-hydrogen) atoms. The molecule has 0 radical (unpaired) electrons. The van der Waals surface area contributed by atoms with Gasteiger partial charge in [0.15, 0.2) is 0 Å². The van der Waals surface area contributed by atoms with Crippen LogP contribution < -0.4 is 10.6 Å². The maximum Gasteiger partial charge on any atom is 0.220 e. The van der Waals surface area contributed by atoms with Crippen molar-refractivity contribution in [2.75, 3.05) is 26.3 Å². The van der Waals surface area contributed by atoms with Gasteiger partial charge < -0.3 is 15.4 Å². The summed E-state index contributed by atoms with van der Waals surface area (Å²) in [6.07, 6.45) is 5.39. The van der Waals surface area contributed by atoms with E-state index in [0.717, 1.165) is 25.7 Å². The molecule has 0 atom stereocenters. The highest BCUT2D eigenvalue weighted by atomic mass is 16.5. The molecule has 0 aliphatic rings. The number of carbonyl (C=O) groups excluding carboxylic acids is 3. The fourth-order valence-corrected chi connectivity index (χ4v) is 2.07. The Morgan fingerprint density at radius 2 is 1.38 bits per heavy atom. The SMILES string of the molecule is CCC(=O)NCCOCCNC(=O)CCCCCCC(=O)C(C)C. The zero-order valence-corrected chi connectivity index (χ0v) is 15.5. The molecule has 0 unspecified atom stereocenters. The van der Waals surface area contributed by atoms with Crippen LogP contribution in [0.25, 0.3) is 0 Å². The molecule has 0 aliphatic carbocycles. The first kappa shape index (κ1) is 22.6. The van der Waals surface area contributed by atoms with Gasteiger partial charge in [-0.15, -0.1) is 0 Å². The molecule has 0 rings (SSSR count). The zero-order chi connectivity index (χ0) is 18.2. The average Bonchev–Trinajstić information content (AvgIpc) is 2.56. The summed E-state index contributed by atoms with van der Waals surface area (Å²) in [4.78, 5) is 34.0. The number of ether oxygens (including phenoxy) is 1. The summed E-state index contributed by atoms with van der Waals surface area (Å²) in [5, 5.41) is 5.53. The van der Waals surface area contributed by atoms with Gasteiger partial charge in [0.2, 0.25) is 11.8 Å². The first-order valence-corrected chi connectivity index (χ1v) is 9.11. The molecular formula is C18H34N2O4. The molecule has 0 saturated heterocycles. The highest BCUT2D eigenvalue weighted by molar-refractivity contribution is 5.80. The molecule has 0 spiro atoms. The highest BCUT2D eigenvalue weighted by Gasteiger charge is 2.06. The van der Waals surface area contributed by atoms with Crippen LogP contribution in [0.1, 0.15) is 65.7 Å². The van der Waals surface area contributed by atoms with Crippen molar-refractivity contribution in [3.8, 4) is 0 Å². The fourth-order valence-electron chi connectivity index (χ4n) is 2.07. The van der Waals surface area contributed by atoms with Crippen molar-refractivity contribution >= 4 is 17.6 Å². The Bertz CT molecular complexity index is 370. The van der Waals surface area contributed by atoms with Crippen molar-refractivity contribution in [3.05, 3.63) is 0 Å². The van der Waals surface area contributed by atoms with Crippen LogP contribution in [0, 0.1) is 5.92 Å². The predicted octanol–water partition coefficient (Wildman–Crippen LogP) is 2.21. The Morgan fingerprint density at radius 3 is 1.92 bits per heavy atom. The van der Waals surface area contributed by atoms with E-state index in [0.29, 0.717) is 51.3 Å². The summed E-state index contributed by atoms with van der Waals surface area (Å²) >= 11 is 0. The number of hydrogen-bond donors (Lipinski definition) is 2. The zero-order valence-electron chi connectivity index (χ0n) is 15.5. The lowest BCUT2D eigenvalue weighted by Gasteiger charge is -2.07. The van der Waals surface area contributed by atoms with E-state index in [4.69, 9.17) is 4.74 Å². The van der Waals surface area contributed by atoms with Gasteiger partial charge in [0, 0.05) is 38.3 Å². The normalized spacial score (nSPS) is 10.7. The summed E-state index contributed by atoms with van der Waals surface area (Å²) < 4.78 is 5.32. The second-order valence-electron chi connectivity index (χ2n) is 6.20. The average molecular weight is 342 g/mol. The van der Waals surface area contributed by atoms with E-state index in [-0.39, 0.29) is 17.7 Å². The summed E-state index contributed by atoms with van der Waals surface area (Å²) in [5.41, 5.74) is 0. The third kappa shape index (κ3) is 14.2. The lowest BCUT2D eigenvalue weighted by Crippen LogP contribution is -2.29. The number of amides is 2. The maximum absolute atomic E-state index is 11.6. The Balaban J connectivity index is 3.33. The van der Waals surface area contributed by atoms with Gasteiger partial charge in [0.25, 0.3) is 0 Å². The predicted molar refractivity (Wildman–Crippen MR) is 94.7 cm³/mol. The molecule has 0 bridgehead atoms. The highest BCUT2D eigenvalue weighted by Crippen LogP contribution is 2.08. The largest absolute Gasteiger partial charge is 0.378 e. The summed E-state index contributed by atoms with van der Waals surface area (Å²) in [6, 6.07) is 0. The van der Waals surface area contributed by atoms with E-state index in [1.54, 1.807) is 6.92 Å². The smallest absolute Gasteiger partial charge is 0.220 e. The standard InChI is InChI=1S/C18H34N2O4/c1-4-17(22)19-11-13-24-14-12-20-18(23)10-8-6-5-7-9-16(21)15(2)3/h15H,4-14H2,1-3H3,(H,19,22)(H,20,23). The van der Waals surface area contributed by atoms with E-state index in [1.165, 1.54) is 0 Å². The first-order chi connectivity index (χ1) is 11.5. The van der Waals surface area contributed by atoms with Crippen molar-refractivity contribution in [2.24, 2.45) is 5.92 Å². The molecule has 0 aromatic carbocycles. The number of hydrogen-bond acceptors (Lipinski definition) is 4. The van der Waals surface area contributed by atoms with Crippen molar-refractivity contribution in [1.82, 2.24) is 10.6 Å². The topological polar surface area (TPSA) is 84.5 Å².